The molecule has 0 aliphatic carbocycles. The van der Waals surface area contributed by atoms with Crippen molar-refractivity contribution in [1.29, 1.82) is 0 Å². The molecule has 1 N–H and O–H groups in total. The van der Waals surface area contributed by atoms with Crippen LogP contribution in [0, 0.1) is 12.7 Å². The zero-order chi connectivity index (χ0) is 14.5. The van der Waals surface area contributed by atoms with Crippen molar-refractivity contribution in [3.05, 3.63) is 70.0 Å². The van der Waals surface area contributed by atoms with E-state index in [1.165, 1.54) is 6.07 Å². The lowest BCUT2D eigenvalue weighted by atomic mass is 9.96. The molecule has 0 radical (unpaired) electrons. The van der Waals surface area contributed by atoms with Gasteiger partial charge in [-0.25, -0.2) is 4.39 Å². The fraction of sp³-hybridized carbons (Fsp3) is 0.294. The third-order valence-electron chi connectivity index (χ3n) is 3.24. The Morgan fingerprint density at radius 2 is 2.00 bits per heavy atom. The van der Waals surface area contributed by atoms with Crippen LogP contribution >= 0.6 is 11.6 Å². The van der Waals surface area contributed by atoms with Gasteiger partial charge in [0.1, 0.15) is 5.82 Å². The van der Waals surface area contributed by atoms with Crippen LogP contribution in [-0.4, -0.2) is 6.54 Å². The van der Waals surface area contributed by atoms with Gasteiger partial charge < -0.3 is 5.32 Å². The lowest BCUT2D eigenvalue weighted by molar-refractivity contribution is 0.546. The Kier molecular flexibility index (Phi) is 5.16. The number of halogens is 2. The van der Waals surface area contributed by atoms with Gasteiger partial charge in [0, 0.05) is 10.6 Å². The molecule has 2 rings (SSSR count). The second-order valence-corrected chi connectivity index (χ2v) is 5.40. The van der Waals surface area contributed by atoms with Crippen LogP contribution in [0.5, 0.6) is 0 Å². The van der Waals surface area contributed by atoms with Gasteiger partial charge >= 0.3 is 0 Å². The van der Waals surface area contributed by atoms with Gasteiger partial charge in [-0.05, 0) is 43.7 Å². The highest BCUT2D eigenvalue weighted by molar-refractivity contribution is 6.30. The molecule has 2 aromatic rings. The van der Waals surface area contributed by atoms with Gasteiger partial charge in [-0.15, -0.1) is 0 Å². The first-order valence-corrected chi connectivity index (χ1v) is 7.24. The van der Waals surface area contributed by atoms with E-state index in [0.717, 1.165) is 24.1 Å². The summed E-state index contributed by atoms with van der Waals surface area (Å²) in [6, 6.07) is 12.6. The quantitative estimate of drug-likeness (QED) is 0.828. The molecule has 0 amide bonds. The fourth-order valence-corrected chi connectivity index (χ4v) is 2.47. The van der Waals surface area contributed by atoms with E-state index in [4.69, 9.17) is 11.6 Å². The van der Waals surface area contributed by atoms with Crippen molar-refractivity contribution in [2.45, 2.75) is 26.3 Å². The number of rotatable bonds is 5. The van der Waals surface area contributed by atoms with Gasteiger partial charge in [-0.1, -0.05) is 48.4 Å². The molecule has 106 valence electrons. The number of aryl methyl sites for hydroxylation is 1. The lowest BCUT2D eigenvalue weighted by Gasteiger charge is -2.21. The average Bonchev–Trinajstić information content (AvgIpc) is 2.43. The van der Waals surface area contributed by atoms with Crippen molar-refractivity contribution >= 4 is 11.6 Å². The molecule has 0 aliphatic heterocycles. The van der Waals surface area contributed by atoms with Gasteiger partial charge in [0.25, 0.3) is 0 Å². The van der Waals surface area contributed by atoms with Crippen LogP contribution in [0.4, 0.5) is 4.39 Å². The van der Waals surface area contributed by atoms with E-state index in [9.17, 15) is 4.39 Å². The van der Waals surface area contributed by atoms with Crippen LogP contribution in [0.15, 0.2) is 42.5 Å². The molecule has 1 atom stereocenters. The summed E-state index contributed by atoms with van der Waals surface area (Å²) in [5.41, 5.74) is 2.70. The summed E-state index contributed by atoms with van der Waals surface area (Å²) in [5.74, 6) is -0.191. The van der Waals surface area contributed by atoms with Gasteiger partial charge in [-0.3, -0.25) is 0 Å². The fourth-order valence-electron chi connectivity index (χ4n) is 2.27. The third-order valence-corrected chi connectivity index (χ3v) is 3.48. The van der Waals surface area contributed by atoms with Crippen molar-refractivity contribution in [3.8, 4) is 0 Å². The highest BCUT2D eigenvalue weighted by Gasteiger charge is 2.17. The zero-order valence-corrected chi connectivity index (χ0v) is 12.5. The second kappa shape index (κ2) is 6.87. The average molecular weight is 292 g/mol. The summed E-state index contributed by atoms with van der Waals surface area (Å²) in [6.45, 7) is 4.89. The molecule has 0 bridgehead atoms. The summed E-state index contributed by atoms with van der Waals surface area (Å²) < 4.78 is 14.2. The normalized spacial score (nSPS) is 12.4. The number of hydrogen-bond acceptors (Lipinski definition) is 1. The van der Waals surface area contributed by atoms with Crippen LogP contribution in [0.2, 0.25) is 5.02 Å². The second-order valence-electron chi connectivity index (χ2n) is 4.97. The Balaban J connectivity index is 2.44. The molecule has 3 heteroatoms. The molecule has 0 spiro atoms. The van der Waals surface area contributed by atoms with Gasteiger partial charge in [0.05, 0.1) is 6.04 Å². The predicted molar refractivity (Wildman–Crippen MR) is 82.7 cm³/mol. The topological polar surface area (TPSA) is 12.0 Å². The number of nitrogens with one attached hydrogen (secondary N) is 1. The zero-order valence-electron chi connectivity index (χ0n) is 11.8. The van der Waals surface area contributed by atoms with E-state index in [0.29, 0.717) is 10.6 Å². The maximum absolute atomic E-state index is 14.2. The Hall–Kier alpha value is -1.38. The summed E-state index contributed by atoms with van der Waals surface area (Å²) >= 11 is 6.06. The van der Waals surface area contributed by atoms with E-state index >= 15 is 0 Å². The van der Waals surface area contributed by atoms with Crippen molar-refractivity contribution in [2.75, 3.05) is 6.54 Å². The largest absolute Gasteiger partial charge is 0.306 e. The molecular weight excluding hydrogens is 273 g/mol. The minimum atomic E-state index is -0.191. The van der Waals surface area contributed by atoms with Gasteiger partial charge in [0.2, 0.25) is 0 Å². The Morgan fingerprint density at radius 3 is 2.70 bits per heavy atom. The Morgan fingerprint density at radius 1 is 1.20 bits per heavy atom. The maximum atomic E-state index is 14.2. The van der Waals surface area contributed by atoms with E-state index in [1.807, 2.05) is 37.3 Å². The molecule has 0 saturated carbocycles. The molecule has 20 heavy (non-hydrogen) atoms. The standard InChI is InChI=1S/C17H19ClFN/c1-3-9-20-17(13-5-4-6-14(18)11-13)15-10-12(2)7-8-16(15)19/h4-8,10-11,17,20H,3,9H2,1-2H3. The number of benzene rings is 2. The molecule has 0 aromatic heterocycles. The van der Waals surface area contributed by atoms with Crippen LogP contribution in [0.3, 0.4) is 0 Å². The highest BCUT2D eigenvalue weighted by atomic mass is 35.5. The highest BCUT2D eigenvalue weighted by Crippen LogP contribution is 2.27. The lowest BCUT2D eigenvalue weighted by Crippen LogP contribution is -2.24. The summed E-state index contributed by atoms with van der Waals surface area (Å²) in [4.78, 5) is 0. The molecule has 0 saturated heterocycles. The maximum Gasteiger partial charge on any atom is 0.128 e. The van der Waals surface area contributed by atoms with Crippen molar-refractivity contribution in [1.82, 2.24) is 5.32 Å². The number of hydrogen-bond donors (Lipinski definition) is 1. The van der Waals surface area contributed by atoms with Crippen LogP contribution in [0.25, 0.3) is 0 Å². The smallest absolute Gasteiger partial charge is 0.128 e. The van der Waals surface area contributed by atoms with Crippen LogP contribution < -0.4 is 5.32 Å². The van der Waals surface area contributed by atoms with E-state index < -0.39 is 0 Å². The van der Waals surface area contributed by atoms with Crippen LogP contribution in [-0.2, 0) is 0 Å². The molecule has 2 aromatic carbocycles. The summed E-state index contributed by atoms with van der Waals surface area (Å²) in [7, 11) is 0. The van der Waals surface area contributed by atoms with Gasteiger partial charge in [0.15, 0.2) is 0 Å². The third kappa shape index (κ3) is 3.59. The van der Waals surface area contributed by atoms with Crippen molar-refractivity contribution in [2.24, 2.45) is 0 Å². The van der Waals surface area contributed by atoms with Crippen LogP contribution in [0.1, 0.15) is 36.1 Å². The van der Waals surface area contributed by atoms with Crippen molar-refractivity contribution in [3.63, 3.8) is 0 Å². The predicted octanol–water partition coefficient (Wildman–Crippen LogP) is 4.88. The monoisotopic (exact) mass is 291 g/mol. The molecule has 1 unspecified atom stereocenters. The SMILES string of the molecule is CCCNC(c1cccc(Cl)c1)c1cc(C)ccc1F. The first-order valence-electron chi connectivity index (χ1n) is 6.86. The van der Waals surface area contributed by atoms with Gasteiger partial charge in [-0.2, -0.15) is 0 Å². The van der Waals surface area contributed by atoms with E-state index in [-0.39, 0.29) is 11.9 Å². The minimum absolute atomic E-state index is 0.173. The first kappa shape index (κ1) is 15.0. The summed E-state index contributed by atoms with van der Waals surface area (Å²) in [6.07, 6.45) is 0.991. The Bertz CT molecular complexity index is 583. The Labute approximate surface area is 124 Å². The first-order chi connectivity index (χ1) is 9.61. The van der Waals surface area contributed by atoms with E-state index in [1.54, 1.807) is 6.07 Å². The van der Waals surface area contributed by atoms with Crippen molar-refractivity contribution < 1.29 is 4.39 Å². The molecule has 0 aliphatic rings. The van der Waals surface area contributed by atoms with E-state index in [2.05, 4.69) is 12.2 Å². The molecule has 1 nitrogen and oxygen atoms in total. The summed E-state index contributed by atoms with van der Waals surface area (Å²) in [5, 5.41) is 4.06. The molecule has 0 heterocycles. The minimum Gasteiger partial charge on any atom is -0.306 e. The molecule has 0 fully saturated rings. The molecular formula is C17H19ClFN.